The second-order valence-electron chi connectivity index (χ2n) is 3.50. The Bertz CT molecular complexity index is 646. The van der Waals surface area contributed by atoms with Crippen LogP contribution >= 0.6 is 0 Å². The molecule has 6 nitrogen and oxygen atoms in total. The number of hydrogen-bond acceptors (Lipinski definition) is 5. The van der Waals surface area contributed by atoms with E-state index in [2.05, 4.69) is 5.32 Å². The maximum atomic E-state index is 11.7. The lowest BCUT2D eigenvalue weighted by Crippen LogP contribution is -2.05. The fourth-order valence-electron chi connectivity index (χ4n) is 1.73. The van der Waals surface area contributed by atoms with Crippen molar-refractivity contribution in [3.8, 4) is 23.6 Å². The summed E-state index contributed by atoms with van der Waals surface area (Å²) in [6, 6.07) is 6.06. The number of ether oxygens (including phenoxy) is 1. The SMILES string of the molecule is COc1cc2c(cc1O)NC(=O)C2=C(C#N)C#N. The minimum absolute atomic E-state index is 0.00620. The Kier molecular flexibility index (Phi) is 2.63. The van der Waals surface area contributed by atoms with Crippen LogP contribution in [0, 0.1) is 22.7 Å². The number of carbonyl (C=O) groups is 1. The lowest BCUT2D eigenvalue weighted by Gasteiger charge is -2.05. The van der Waals surface area contributed by atoms with Gasteiger partial charge in [-0.2, -0.15) is 10.5 Å². The van der Waals surface area contributed by atoms with E-state index in [4.69, 9.17) is 15.3 Å². The lowest BCUT2D eigenvalue weighted by atomic mass is 10.0. The van der Waals surface area contributed by atoms with Gasteiger partial charge in [-0.25, -0.2) is 0 Å². The minimum atomic E-state index is -0.546. The zero-order chi connectivity index (χ0) is 13.3. The number of nitrogens with zero attached hydrogens (tertiary/aromatic N) is 2. The second kappa shape index (κ2) is 4.11. The van der Waals surface area contributed by atoms with Crippen molar-refractivity contribution in [3.05, 3.63) is 23.3 Å². The summed E-state index contributed by atoms with van der Waals surface area (Å²) in [6.07, 6.45) is 0. The van der Waals surface area contributed by atoms with Crippen LogP contribution in [0.4, 0.5) is 5.69 Å². The standard InChI is InChI=1S/C12H7N3O3/c1-18-10-2-7-8(3-9(10)16)15-12(17)11(7)6(4-13)5-14/h2-3,16H,1H3,(H,15,17). The highest BCUT2D eigenvalue weighted by Crippen LogP contribution is 2.40. The van der Waals surface area contributed by atoms with E-state index in [0.717, 1.165) is 0 Å². The molecule has 6 heteroatoms. The van der Waals surface area contributed by atoms with Crippen LogP contribution in [-0.4, -0.2) is 18.1 Å². The number of anilines is 1. The molecule has 2 N–H and O–H groups in total. The molecule has 0 spiro atoms. The Morgan fingerprint density at radius 2 is 2.06 bits per heavy atom. The molecule has 0 radical (unpaired) electrons. The van der Waals surface area contributed by atoms with Gasteiger partial charge in [0.05, 0.1) is 18.4 Å². The van der Waals surface area contributed by atoms with Crippen molar-refractivity contribution in [1.29, 1.82) is 10.5 Å². The molecule has 0 atom stereocenters. The Balaban J connectivity index is 2.74. The highest BCUT2D eigenvalue weighted by Gasteiger charge is 2.29. The van der Waals surface area contributed by atoms with E-state index in [0.29, 0.717) is 11.3 Å². The predicted octanol–water partition coefficient (Wildman–Crippen LogP) is 1.15. The average Bonchev–Trinajstić information content (AvgIpc) is 2.66. The van der Waals surface area contributed by atoms with Crippen molar-refractivity contribution in [2.45, 2.75) is 0 Å². The first kappa shape index (κ1) is 11.5. The first-order valence-electron chi connectivity index (χ1n) is 4.89. The van der Waals surface area contributed by atoms with E-state index >= 15 is 0 Å². The average molecular weight is 241 g/mol. The zero-order valence-electron chi connectivity index (χ0n) is 9.31. The third-order valence-electron chi connectivity index (χ3n) is 2.54. The van der Waals surface area contributed by atoms with E-state index < -0.39 is 5.91 Å². The molecular weight excluding hydrogens is 234 g/mol. The number of methoxy groups -OCH3 is 1. The monoisotopic (exact) mass is 241 g/mol. The molecule has 2 rings (SSSR count). The smallest absolute Gasteiger partial charge is 0.258 e. The molecule has 1 amide bonds. The number of nitriles is 2. The summed E-state index contributed by atoms with van der Waals surface area (Å²) in [5.74, 6) is -0.512. The summed E-state index contributed by atoms with van der Waals surface area (Å²) in [4.78, 5) is 11.7. The fourth-order valence-corrected chi connectivity index (χ4v) is 1.73. The molecule has 1 heterocycles. The fraction of sp³-hybridized carbons (Fsp3) is 0.0833. The van der Waals surface area contributed by atoms with Gasteiger partial charge < -0.3 is 15.2 Å². The van der Waals surface area contributed by atoms with Crippen LogP contribution in [0.1, 0.15) is 5.56 Å². The minimum Gasteiger partial charge on any atom is -0.504 e. The van der Waals surface area contributed by atoms with Crippen molar-refractivity contribution in [1.82, 2.24) is 0 Å². The van der Waals surface area contributed by atoms with Gasteiger partial charge in [-0.1, -0.05) is 0 Å². The van der Waals surface area contributed by atoms with E-state index in [9.17, 15) is 9.90 Å². The molecule has 0 aromatic heterocycles. The molecule has 0 unspecified atom stereocenters. The maximum Gasteiger partial charge on any atom is 0.258 e. The Hall–Kier alpha value is -2.99. The first-order valence-corrected chi connectivity index (χ1v) is 4.89. The predicted molar refractivity (Wildman–Crippen MR) is 61.4 cm³/mol. The highest BCUT2D eigenvalue weighted by molar-refractivity contribution is 6.33. The van der Waals surface area contributed by atoms with Crippen LogP contribution in [-0.2, 0) is 4.79 Å². The number of carbonyl (C=O) groups excluding carboxylic acids is 1. The summed E-state index contributed by atoms with van der Waals surface area (Å²) < 4.78 is 4.92. The zero-order valence-corrected chi connectivity index (χ0v) is 9.31. The van der Waals surface area contributed by atoms with Crippen LogP contribution in [0.25, 0.3) is 5.57 Å². The van der Waals surface area contributed by atoms with Gasteiger partial charge >= 0.3 is 0 Å². The number of hydrogen-bond donors (Lipinski definition) is 2. The van der Waals surface area contributed by atoms with Crippen molar-refractivity contribution >= 4 is 17.2 Å². The third kappa shape index (κ3) is 1.53. The van der Waals surface area contributed by atoms with Gasteiger partial charge in [-0.05, 0) is 6.07 Å². The van der Waals surface area contributed by atoms with Gasteiger partial charge in [0, 0.05) is 11.6 Å². The molecule has 1 aromatic carbocycles. The number of phenols is 1. The molecule has 88 valence electrons. The summed E-state index contributed by atoms with van der Waals surface area (Å²) >= 11 is 0. The lowest BCUT2D eigenvalue weighted by molar-refractivity contribution is -0.110. The summed E-state index contributed by atoms with van der Waals surface area (Å²) in [5, 5.41) is 29.7. The molecule has 0 aliphatic carbocycles. The third-order valence-corrected chi connectivity index (χ3v) is 2.54. The van der Waals surface area contributed by atoms with Crippen LogP contribution < -0.4 is 10.1 Å². The largest absolute Gasteiger partial charge is 0.504 e. The first-order chi connectivity index (χ1) is 8.62. The molecular formula is C12H7N3O3. The van der Waals surface area contributed by atoms with Gasteiger partial charge in [0.2, 0.25) is 0 Å². The Morgan fingerprint density at radius 1 is 1.39 bits per heavy atom. The number of benzene rings is 1. The van der Waals surface area contributed by atoms with Gasteiger partial charge in [-0.3, -0.25) is 4.79 Å². The number of allylic oxidation sites excluding steroid dienone is 1. The quantitative estimate of drug-likeness (QED) is 0.566. The van der Waals surface area contributed by atoms with Gasteiger partial charge in [0.15, 0.2) is 11.5 Å². The highest BCUT2D eigenvalue weighted by atomic mass is 16.5. The van der Waals surface area contributed by atoms with Crippen LogP contribution in [0.3, 0.4) is 0 Å². The molecule has 18 heavy (non-hydrogen) atoms. The number of fused-ring (bicyclic) bond motifs is 1. The number of phenolic OH excluding ortho intramolecular Hbond substituents is 1. The van der Waals surface area contributed by atoms with E-state index in [1.54, 1.807) is 12.1 Å². The molecule has 0 bridgehead atoms. The molecule has 1 aromatic rings. The summed E-state index contributed by atoms with van der Waals surface area (Å²) in [5.41, 5.74) is 0.427. The Morgan fingerprint density at radius 3 is 2.61 bits per heavy atom. The second-order valence-corrected chi connectivity index (χ2v) is 3.50. The Labute approximate surface area is 102 Å². The molecule has 0 saturated carbocycles. The number of aromatic hydroxyl groups is 1. The summed E-state index contributed by atoms with van der Waals surface area (Å²) in [6.45, 7) is 0. The van der Waals surface area contributed by atoms with Crippen LogP contribution in [0.15, 0.2) is 17.7 Å². The number of amides is 1. The van der Waals surface area contributed by atoms with Gasteiger partial charge in [0.25, 0.3) is 5.91 Å². The van der Waals surface area contributed by atoms with Gasteiger partial charge in [-0.15, -0.1) is 0 Å². The van der Waals surface area contributed by atoms with Crippen molar-refractivity contribution in [2.24, 2.45) is 0 Å². The molecule has 1 aliphatic heterocycles. The van der Waals surface area contributed by atoms with E-state index in [-0.39, 0.29) is 22.6 Å². The topological polar surface area (TPSA) is 106 Å². The number of nitrogens with one attached hydrogen (secondary N) is 1. The van der Waals surface area contributed by atoms with Crippen molar-refractivity contribution in [2.75, 3.05) is 12.4 Å². The van der Waals surface area contributed by atoms with Crippen LogP contribution in [0.5, 0.6) is 11.5 Å². The normalized spacial score (nSPS) is 12.2. The number of rotatable bonds is 1. The summed E-state index contributed by atoms with van der Waals surface area (Å²) in [7, 11) is 1.37. The van der Waals surface area contributed by atoms with E-state index in [1.807, 2.05) is 0 Å². The molecule has 0 saturated heterocycles. The molecule has 0 fully saturated rings. The van der Waals surface area contributed by atoms with Gasteiger partial charge in [0.1, 0.15) is 17.7 Å². The van der Waals surface area contributed by atoms with E-state index in [1.165, 1.54) is 19.2 Å². The van der Waals surface area contributed by atoms with Crippen molar-refractivity contribution < 1.29 is 14.6 Å². The maximum absolute atomic E-state index is 11.7. The van der Waals surface area contributed by atoms with Crippen molar-refractivity contribution in [3.63, 3.8) is 0 Å². The molecule has 1 aliphatic rings. The van der Waals surface area contributed by atoms with Crippen LogP contribution in [0.2, 0.25) is 0 Å².